The number of nitrogens with one attached hydrogen (secondary N) is 4. The fourth-order valence-electron chi connectivity index (χ4n) is 9.39. The average Bonchev–Trinajstić information content (AvgIpc) is 3.95. The third-order valence-corrected chi connectivity index (χ3v) is 15.0. The monoisotopic (exact) mass is 938 g/mol. The molecule has 13 nitrogen and oxygen atoms in total. The van der Waals surface area contributed by atoms with Gasteiger partial charge in [0.25, 0.3) is 15.9 Å². The molecule has 5 heterocycles. The van der Waals surface area contributed by atoms with Crippen molar-refractivity contribution >= 4 is 72.5 Å². The van der Waals surface area contributed by atoms with Crippen molar-refractivity contribution in [2.75, 3.05) is 57.9 Å². The number of sulfonamides is 1. The number of hydrogen-bond acceptors (Lipinski definition) is 10. The van der Waals surface area contributed by atoms with Gasteiger partial charge in [0.15, 0.2) is 0 Å². The number of likely N-dealkylation sites (tertiary alicyclic amines) is 1. The molecule has 1 amide bonds. The normalized spacial score (nSPS) is 17.8. The second-order valence-corrected chi connectivity index (χ2v) is 20.8. The number of hydrogen-bond donors (Lipinski definition) is 4. The van der Waals surface area contributed by atoms with Crippen LogP contribution in [0.3, 0.4) is 0 Å². The van der Waals surface area contributed by atoms with Crippen LogP contribution >= 0.6 is 23.2 Å². The topological polar surface area (TPSA) is 155 Å². The van der Waals surface area contributed by atoms with E-state index in [4.69, 9.17) is 37.7 Å². The Kier molecular flexibility index (Phi) is 13.5. The summed E-state index contributed by atoms with van der Waals surface area (Å²) < 4.78 is 43.1. The molecule has 0 spiro atoms. The van der Waals surface area contributed by atoms with Gasteiger partial charge in [-0.15, -0.1) is 0 Å². The van der Waals surface area contributed by atoms with Crippen molar-refractivity contribution in [2.45, 2.75) is 69.7 Å². The van der Waals surface area contributed by atoms with Crippen molar-refractivity contribution in [3.05, 3.63) is 112 Å². The number of fused-ring (bicyclic) bond motifs is 2. The molecule has 3 aromatic heterocycles. The Balaban J connectivity index is 0.878. The maximum Gasteiger partial charge on any atom is 0.267 e. The zero-order chi connectivity index (χ0) is 45.1. The Labute approximate surface area is 390 Å². The summed E-state index contributed by atoms with van der Waals surface area (Å²) in [7, 11) is -4.35. The Hall–Kier alpha value is -4.96. The van der Waals surface area contributed by atoms with E-state index >= 15 is 0 Å². The van der Waals surface area contributed by atoms with E-state index < -0.39 is 15.9 Å². The summed E-state index contributed by atoms with van der Waals surface area (Å²) in [6, 6.07) is 22.0. The molecule has 3 aromatic carbocycles. The molecular weight excluding hydrogens is 884 g/mol. The number of allylic oxidation sites excluding steroid dienone is 1. The molecule has 0 atom stereocenters. The van der Waals surface area contributed by atoms with Gasteiger partial charge in [0.05, 0.1) is 39.5 Å². The van der Waals surface area contributed by atoms with E-state index in [0.29, 0.717) is 59.8 Å². The quantitative estimate of drug-likeness (QED) is 0.0733. The van der Waals surface area contributed by atoms with Crippen LogP contribution in [0.1, 0.15) is 74.7 Å². The number of carbonyl (C=O) groups is 1. The largest absolute Gasteiger partial charge is 0.492 e. The van der Waals surface area contributed by atoms with Crippen molar-refractivity contribution < 1.29 is 22.7 Å². The minimum atomic E-state index is -4.35. The lowest BCUT2D eigenvalue weighted by Crippen LogP contribution is -2.44. The molecular formula is C49H56Cl2N8O5S. The van der Waals surface area contributed by atoms with Crippen LogP contribution in [0, 0.1) is 11.3 Å². The van der Waals surface area contributed by atoms with Crippen LogP contribution in [-0.2, 0) is 14.8 Å². The van der Waals surface area contributed by atoms with Gasteiger partial charge in [0.2, 0.25) is 0 Å². The lowest BCUT2D eigenvalue weighted by atomic mass is 9.72. The highest BCUT2D eigenvalue weighted by atomic mass is 35.5. The number of H-pyrrole nitrogens is 1. The number of nitrogens with zero attached hydrogens (tertiary/aromatic N) is 4. The number of rotatable bonds is 15. The summed E-state index contributed by atoms with van der Waals surface area (Å²) in [6.45, 7) is 10.9. The molecule has 0 radical (unpaired) electrons. The molecule has 4 N–H and O–H groups in total. The zero-order valence-corrected chi connectivity index (χ0v) is 39.2. The maximum absolute atomic E-state index is 14.1. The Morgan fingerprint density at radius 2 is 1.77 bits per heavy atom. The predicted molar refractivity (Wildman–Crippen MR) is 258 cm³/mol. The van der Waals surface area contributed by atoms with Crippen LogP contribution in [0.2, 0.25) is 10.0 Å². The van der Waals surface area contributed by atoms with Crippen LogP contribution in [0.25, 0.3) is 33.3 Å². The standard InChI is InChI=1S/C49H56Cl2N8O5S/c1-49(2)17-11-35(41(28-49)33-3-5-36(50)6-4-33)29-52-19-20-53-37-7-9-40(44(26-37)59-45-25-34-12-18-54-47(34)56-43(45)30-55-59)48(60)57-65(61,62)39-8-10-46(42(51)27-39)64-31-32-13-21-58(22-14-32)38-15-23-63-24-16-38/h3-10,12,18,25-27,30,32,38,52-53H,11,13-17,19-24,28-29,31H2,1-2H3,(H,54,56)(H,57,60). The molecule has 65 heavy (non-hydrogen) atoms. The van der Waals surface area contributed by atoms with Gasteiger partial charge in [-0.1, -0.05) is 54.8 Å². The molecule has 2 saturated heterocycles. The lowest BCUT2D eigenvalue weighted by molar-refractivity contribution is 0.0175. The highest BCUT2D eigenvalue weighted by Gasteiger charge is 2.29. The van der Waals surface area contributed by atoms with Crippen molar-refractivity contribution in [1.82, 2.24) is 34.7 Å². The van der Waals surface area contributed by atoms with Crippen LogP contribution < -0.4 is 20.1 Å². The van der Waals surface area contributed by atoms with Crippen LogP contribution in [0.4, 0.5) is 5.69 Å². The van der Waals surface area contributed by atoms with Gasteiger partial charge in [0.1, 0.15) is 16.9 Å². The second kappa shape index (κ2) is 19.5. The molecule has 1 aliphatic carbocycles. The molecule has 342 valence electrons. The van der Waals surface area contributed by atoms with E-state index in [9.17, 15) is 13.2 Å². The summed E-state index contributed by atoms with van der Waals surface area (Å²) in [5.74, 6) is -0.0459. The highest BCUT2D eigenvalue weighted by molar-refractivity contribution is 7.90. The molecule has 0 bridgehead atoms. The number of aromatic amines is 1. The number of amides is 1. The SMILES string of the molecule is CC1(C)CCC(CNCCNc2ccc(C(=O)NS(=O)(=O)c3ccc(OCC4CCN(C5CCOCC5)CC4)c(Cl)c3)c(-n3ncc4nc5[nH]ccc5cc43)c2)=C(c2ccc(Cl)cc2)C1. The molecule has 16 heteroatoms. The molecule has 0 saturated carbocycles. The number of aromatic nitrogens is 4. The summed E-state index contributed by atoms with van der Waals surface area (Å²) in [5.41, 5.74) is 7.42. The number of ether oxygens (including phenoxy) is 2. The summed E-state index contributed by atoms with van der Waals surface area (Å²) >= 11 is 12.8. The van der Waals surface area contributed by atoms with Gasteiger partial charge in [-0.25, -0.2) is 22.8 Å². The Morgan fingerprint density at radius 3 is 2.55 bits per heavy atom. The molecule has 9 rings (SSSR count). The smallest absolute Gasteiger partial charge is 0.267 e. The van der Waals surface area contributed by atoms with Gasteiger partial charge in [-0.3, -0.25) is 4.79 Å². The fraction of sp³-hybridized carbons (Fsp3) is 0.408. The second-order valence-electron chi connectivity index (χ2n) is 18.3. The minimum absolute atomic E-state index is 0.104. The van der Waals surface area contributed by atoms with E-state index in [1.165, 1.54) is 28.8 Å². The van der Waals surface area contributed by atoms with Gasteiger partial charge in [0, 0.05) is 61.2 Å². The van der Waals surface area contributed by atoms with E-state index in [-0.39, 0.29) is 20.9 Å². The van der Waals surface area contributed by atoms with Crippen LogP contribution in [-0.4, -0.2) is 97.6 Å². The van der Waals surface area contributed by atoms with Crippen molar-refractivity contribution in [1.29, 1.82) is 0 Å². The minimum Gasteiger partial charge on any atom is -0.492 e. The number of benzene rings is 3. The molecule has 2 fully saturated rings. The van der Waals surface area contributed by atoms with E-state index in [1.54, 1.807) is 35.1 Å². The van der Waals surface area contributed by atoms with Gasteiger partial charge >= 0.3 is 0 Å². The van der Waals surface area contributed by atoms with Crippen LogP contribution in [0.15, 0.2) is 95.7 Å². The van der Waals surface area contributed by atoms with Gasteiger partial charge in [-0.05, 0) is 141 Å². The third-order valence-electron chi connectivity index (χ3n) is 13.2. The third kappa shape index (κ3) is 10.5. The molecule has 6 aromatic rings. The lowest BCUT2D eigenvalue weighted by Gasteiger charge is -2.39. The van der Waals surface area contributed by atoms with E-state index in [2.05, 4.69) is 56.3 Å². The van der Waals surface area contributed by atoms with E-state index in [0.717, 1.165) is 93.9 Å². The summed E-state index contributed by atoms with van der Waals surface area (Å²) in [4.78, 5) is 24.3. The van der Waals surface area contributed by atoms with Crippen LogP contribution in [0.5, 0.6) is 5.75 Å². The summed E-state index contributed by atoms with van der Waals surface area (Å²) in [5, 5.41) is 13.5. The van der Waals surface area contributed by atoms with E-state index in [1.807, 2.05) is 30.5 Å². The predicted octanol–water partition coefficient (Wildman–Crippen LogP) is 9.26. The number of piperidine rings is 1. The van der Waals surface area contributed by atoms with Crippen molar-refractivity contribution in [3.8, 4) is 11.4 Å². The van der Waals surface area contributed by atoms with Crippen molar-refractivity contribution in [3.63, 3.8) is 0 Å². The van der Waals surface area contributed by atoms with Gasteiger partial charge < -0.3 is 30.0 Å². The van der Waals surface area contributed by atoms with Gasteiger partial charge in [-0.2, -0.15) is 5.10 Å². The first-order chi connectivity index (χ1) is 31.4. The molecule has 3 aliphatic rings. The van der Waals surface area contributed by atoms with Crippen molar-refractivity contribution in [2.24, 2.45) is 11.3 Å². The number of halogens is 2. The zero-order valence-electron chi connectivity index (χ0n) is 36.8. The number of anilines is 1. The first-order valence-electron chi connectivity index (χ1n) is 22.6. The average molecular weight is 940 g/mol. The Morgan fingerprint density at radius 1 is 0.969 bits per heavy atom. The summed E-state index contributed by atoms with van der Waals surface area (Å²) in [6.07, 6.45) is 10.8. The Bertz CT molecular complexity index is 2810. The number of carbonyl (C=O) groups excluding carboxylic acids is 1. The molecule has 2 aliphatic heterocycles. The first-order valence-corrected chi connectivity index (χ1v) is 24.8. The fourth-order valence-corrected chi connectivity index (χ4v) is 10.8. The first kappa shape index (κ1) is 45.2. The maximum atomic E-state index is 14.1. The molecule has 0 unspecified atom stereocenters. The highest BCUT2D eigenvalue weighted by Crippen LogP contribution is 2.43. The number of pyridine rings is 1.